The van der Waals surface area contributed by atoms with E-state index in [0.29, 0.717) is 18.0 Å². The predicted octanol–water partition coefficient (Wildman–Crippen LogP) is 6.03. The Bertz CT molecular complexity index is 1240. The standard InChI is InChI=1S/C27H35N3O3S2/c1-20(2)17-29(26(31)25-13-8-14-34-25)18-24-16-28-27(30(24)23-11-5-4-6-12-23)35(32,33)19-22-10-7-9-21(3)15-22/h7-10,13-16,20,23H,4-6,11-12,17-19H2,1-3H3. The number of amides is 1. The minimum Gasteiger partial charge on any atom is -0.332 e. The third kappa shape index (κ3) is 6.22. The molecule has 4 rings (SSSR count). The molecule has 2 heterocycles. The molecule has 6 nitrogen and oxygen atoms in total. The van der Waals surface area contributed by atoms with Crippen LogP contribution in [0.4, 0.5) is 0 Å². The molecule has 0 unspecified atom stereocenters. The normalized spacial score (nSPS) is 15.0. The van der Waals surface area contributed by atoms with Crippen LogP contribution >= 0.6 is 11.3 Å². The first-order valence-electron chi connectivity index (χ1n) is 12.4. The van der Waals surface area contributed by atoms with Gasteiger partial charge in [-0.05, 0) is 42.7 Å². The quantitative estimate of drug-likeness (QED) is 0.350. The van der Waals surface area contributed by atoms with E-state index in [1.54, 1.807) is 6.20 Å². The topological polar surface area (TPSA) is 72.3 Å². The Hall–Kier alpha value is -2.45. The fraction of sp³-hybridized carbons (Fsp3) is 0.481. The van der Waals surface area contributed by atoms with Crippen LogP contribution in [0.1, 0.15) is 78.5 Å². The Morgan fingerprint density at radius 2 is 1.94 bits per heavy atom. The first-order chi connectivity index (χ1) is 16.7. The Labute approximate surface area is 212 Å². The SMILES string of the molecule is Cc1cccc(CS(=O)(=O)c2ncc(CN(CC(C)C)C(=O)c3cccs3)n2C2CCCCC2)c1. The van der Waals surface area contributed by atoms with E-state index in [4.69, 9.17) is 0 Å². The summed E-state index contributed by atoms with van der Waals surface area (Å²) in [6.45, 7) is 7.08. The number of rotatable bonds is 9. The second kappa shape index (κ2) is 11.1. The van der Waals surface area contributed by atoms with E-state index in [0.717, 1.165) is 42.5 Å². The highest BCUT2D eigenvalue weighted by Gasteiger charge is 2.30. The summed E-state index contributed by atoms with van der Waals surface area (Å²) >= 11 is 1.43. The van der Waals surface area contributed by atoms with Crippen LogP contribution in [0.3, 0.4) is 0 Å². The molecule has 1 fully saturated rings. The molecule has 3 aromatic rings. The highest BCUT2D eigenvalue weighted by atomic mass is 32.2. The summed E-state index contributed by atoms with van der Waals surface area (Å²) in [7, 11) is -3.66. The lowest BCUT2D eigenvalue weighted by atomic mass is 9.95. The molecule has 1 saturated carbocycles. The van der Waals surface area contributed by atoms with E-state index >= 15 is 0 Å². The lowest BCUT2D eigenvalue weighted by Crippen LogP contribution is -2.34. The fourth-order valence-corrected chi connectivity index (χ4v) is 7.17. The maximum absolute atomic E-state index is 13.6. The fourth-order valence-electron chi connectivity index (χ4n) is 4.95. The molecule has 188 valence electrons. The third-order valence-corrected chi connectivity index (χ3v) is 8.88. The Morgan fingerprint density at radius 3 is 2.60 bits per heavy atom. The summed E-state index contributed by atoms with van der Waals surface area (Å²) in [5.41, 5.74) is 2.59. The van der Waals surface area contributed by atoms with Crippen molar-refractivity contribution in [3.8, 4) is 0 Å². The van der Waals surface area contributed by atoms with Gasteiger partial charge in [0.2, 0.25) is 15.0 Å². The number of aromatic nitrogens is 2. The van der Waals surface area contributed by atoms with Gasteiger partial charge in [-0.2, -0.15) is 0 Å². The second-order valence-corrected chi connectivity index (χ2v) is 12.8. The van der Waals surface area contributed by atoms with Gasteiger partial charge in [0.1, 0.15) is 0 Å². The van der Waals surface area contributed by atoms with Crippen LogP contribution in [0.2, 0.25) is 0 Å². The highest BCUT2D eigenvalue weighted by Crippen LogP contribution is 2.33. The number of carbonyl (C=O) groups is 1. The molecule has 0 spiro atoms. The second-order valence-electron chi connectivity index (χ2n) is 10.00. The van der Waals surface area contributed by atoms with Gasteiger partial charge in [0.05, 0.1) is 29.1 Å². The molecule has 1 aliphatic carbocycles. The average molecular weight is 514 g/mol. The molecule has 35 heavy (non-hydrogen) atoms. The first-order valence-corrected chi connectivity index (χ1v) is 14.9. The molecule has 1 amide bonds. The van der Waals surface area contributed by atoms with Crippen molar-refractivity contribution in [3.05, 3.63) is 69.7 Å². The molecular formula is C27H35N3O3S2. The molecule has 2 aromatic heterocycles. The van der Waals surface area contributed by atoms with Crippen molar-refractivity contribution >= 4 is 27.1 Å². The van der Waals surface area contributed by atoms with E-state index in [-0.39, 0.29) is 28.8 Å². The van der Waals surface area contributed by atoms with Crippen molar-refractivity contribution < 1.29 is 13.2 Å². The monoisotopic (exact) mass is 513 g/mol. The molecule has 0 aliphatic heterocycles. The summed E-state index contributed by atoms with van der Waals surface area (Å²) in [5.74, 6) is 0.186. The highest BCUT2D eigenvalue weighted by molar-refractivity contribution is 7.90. The van der Waals surface area contributed by atoms with Gasteiger partial charge in [0, 0.05) is 12.6 Å². The average Bonchev–Trinajstić information content (AvgIpc) is 3.49. The summed E-state index contributed by atoms with van der Waals surface area (Å²) in [4.78, 5) is 20.3. The zero-order chi connectivity index (χ0) is 25.0. The molecule has 0 atom stereocenters. The van der Waals surface area contributed by atoms with Crippen molar-refractivity contribution in [1.82, 2.24) is 14.5 Å². The summed E-state index contributed by atoms with van der Waals surface area (Å²) in [6.07, 6.45) is 6.85. The van der Waals surface area contributed by atoms with Gasteiger partial charge in [0.25, 0.3) is 5.91 Å². The molecular weight excluding hydrogens is 478 g/mol. The lowest BCUT2D eigenvalue weighted by Gasteiger charge is -2.29. The van der Waals surface area contributed by atoms with Crippen molar-refractivity contribution in [1.29, 1.82) is 0 Å². The number of aryl methyl sites for hydroxylation is 1. The largest absolute Gasteiger partial charge is 0.332 e. The Morgan fingerprint density at radius 1 is 1.17 bits per heavy atom. The maximum atomic E-state index is 13.6. The van der Waals surface area contributed by atoms with E-state index < -0.39 is 9.84 Å². The lowest BCUT2D eigenvalue weighted by molar-refractivity contribution is 0.0721. The van der Waals surface area contributed by atoms with E-state index in [1.165, 1.54) is 17.8 Å². The minimum absolute atomic E-state index is 0.0192. The number of carbonyl (C=O) groups excluding carboxylic acids is 1. The van der Waals surface area contributed by atoms with Gasteiger partial charge in [-0.15, -0.1) is 11.3 Å². The number of benzene rings is 1. The number of imidazole rings is 1. The number of nitrogens with zero attached hydrogens (tertiary/aromatic N) is 3. The van der Waals surface area contributed by atoms with Crippen LogP contribution in [0.5, 0.6) is 0 Å². The number of sulfone groups is 1. The van der Waals surface area contributed by atoms with Crippen molar-refractivity contribution in [2.45, 2.75) is 76.4 Å². The number of hydrogen-bond donors (Lipinski definition) is 0. The number of hydrogen-bond acceptors (Lipinski definition) is 5. The smallest absolute Gasteiger partial charge is 0.264 e. The van der Waals surface area contributed by atoms with Crippen LogP contribution < -0.4 is 0 Å². The number of thiophene rings is 1. The predicted molar refractivity (Wildman–Crippen MR) is 140 cm³/mol. The molecule has 0 bridgehead atoms. The van der Waals surface area contributed by atoms with Crippen molar-refractivity contribution in [2.75, 3.05) is 6.54 Å². The van der Waals surface area contributed by atoms with Gasteiger partial charge >= 0.3 is 0 Å². The zero-order valence-electron chi connectivity index (χ0n) is 20.8. The molecule has 1 aromatic carbocycles. The van der Waals surface area contributed by atoms with Crippen LogP contribution in [0.25, 0.3) is 0 Å². The van der Waals surface area contributed by atoms with Crippen LogP contribution in [0.15, 0.2) is 53.1 Å². The van der Waals surface area contributed by atoms with Crippen LogP contribution in [0, 0.1) is 12.8 Å². The maximum Gasteiger partial charge on any atom is 0.264 e. The zero-order valence-corrected chi connectivity index (χ0v) is 22.4. The Kier molecular flexibility index (Phi) is 8.12. The van der Waals surface area contributed by atoms with Crippen LogP contribution in [-0.4, -0.2) is 35.3 Å². The minimum atomic E-state index is -3.66. The van der Waals surface area contributed by atoms with E-state index in [1.807, 2.05) is 58.2 Å². The summed E-state index contributed by atoms with van der Waals surface area (Å²) < 4.78 is 29.2. The molecule has 0 radical (unpaired) electrons. The summed E-state index contributed by atoms with van der Waals surface area (Å²) in [5, 5.41) is 2.04. The molecule has 1 aliphatic rings. The van der Waals surface area contributed by atoms with Gasteiger partial charge < -0.3 is 9.47 Å². The molecule has 0 N–H and O–H groups in total. The van der Waals surface area contributed by atoms with Crippen LogP contribution in [-0.2, 0) is 22.1 Å². The van der Waals surface area contributed by atoms with Gasteiger partial charge in [0.15, 0.2) is 0 Å². The van der Waals surface area contributed by atoms with Gasteiger partial charge in [-0.1, -0.05) is 69.0 Å². The van der Waals surface area contributed by atoms with E-state index in [9.17, 15) is 13.2 Å². The van der Waals surface area contributed by atoms with Crippen molar-refractivity contribution in [2.24, 2.45) is 5.92 Å². The van der Waals surface area contributed by atoms with Gasteiger partial charge in [-0.25, -0.2) is 13.4 Å². The van der Waals surface area contributed by atoms with Gasteiger partial charge in [-0.3, -0.25) is 4.79 Å². The Balaban J connectivity index is 1.70. The van der Waals surface area contributed by atoms with E-state index in [2.05, 4.69) is 18.8 Å². The molecule has 8 heteroatoms. The molecule has 0 saturated heterocycles. The third-order valence-electron chi connectivity index (χ3n) is 6.45. The summed E-state index contributed by atoms with van der Waals surface area (Å²) in [6, 6.07) is 11.4. The first kappa shape index (κ1) is 25.6. The van der Waals surface area contributed by atoms with Crippen molar-refractivity contribution in [3.63, 3.8) is 0 Å².